The van der Waals surface area contributed by atoms with Crippen LogP contribution < -0.4 is 0 Å². The van der Waals surface area contributed by atoms with Crippen LogP contribution in [-0.4, -0.2) is 19.5 Å². The summed E-state index contributed by atoms with van der Waals surface area (Å²) in [5.41, 5.74) is -2.98. The van der Waals surface area contributed by atoms with E-state index in [-0.39, 0.29) is 39.4 Å². The molecule has 234 valence electrons. The molecule has 0 fully saturated rings. The summed E-state index contributed by atoms with van der Waals surface area (Å²) in [6.07, 6.45) is 0. The molecule has 0 aliphatic carbocycles. The van der Waals surface area contributed by atoms with E-state index in [1.807, 2.05) is 0 Å². The smallest absolute Gasteiger partial charge is 0.167 e. The molecule has 5 nitrogen and oxygen atoms in total. The Hall–Kier alpha value is -6.85. The highest BCUT2D eigenvalue weighted by Crippen LogP contribution is 2.43. The molecule has 3 heterocycles. The number of para-hydroxylation sites is 4. The minimum absolute atomic E-state index is 0.149. The van der Waals surface area contributed by atoms with Crippen LogP contribution in [0.25, 0.3) is 94.7 Å². The number of rotatable bonds is 5. The molecule has 50 heavy (non-hydrogen) atoms. The highest BCUT2D eigenvalue weighted by molar-refractivity contribution is 6.16. The molecule has 0 saturated carbocycles. The molecule has 0 aliphatic heterocycles. The number of aromatic nitrogens is 4. The number of nitrogens with zero attached hydrogens (tertiary/aromatic N) is 4. The zero-order valence-electron chi connectivity index (χ0n) is 43.5. The highest BCUT2D eigenvalue weighted by atomic mass is 16.3. The van der Waals surface area contributed by atoms with Crippen molar-refractivity contribution in [3.05, 3.63) is 169 Å². The van der Waals surface area contributed by atoms with Gasteiger partial charge in [-0.05, 0) is 35.8 Å². The molecule has 0 spiro atoms. The first kappa shape index (κ1) is 15.6. The van der Waals surface area contributed by atoms with Crippen LogP contribution in [0.5, 0.6) is 0 Å². The van der Waals surface area contributed by atoms with Gasteiger partial charge in [-0.25, -0.2) is 15.0 Å². The Labute approximate surface area is 313 Å². The molecule has 0 radical (unpaired) electrons. The van der Waals surface area contributed by atoms with Crippen LogP contribution in [0.2, 0.25) is 0 Å². The van der Waals surface area contributed by atoms with Gasteiger partial charge in [0.05, 0.1) is 47.0 Å². The zero-order valence-corrected chi connectivity index (χ0v) is 25.5. The molecule has 5 heteroatoms. The molecule has 10 rings (SSSR count). The molecule has 0 unspecified atom stereocenters. The van der Waals surface area contributed by atoms with Gasteiger partial charge in [-0.2, -0.15) is 0 Å². The molecule has 7 aromatic carbocycles. The van der Waals surface area contributed by atoms with Gasteiger partial charge < -0.3 is 8.98 Å². The molecule has 10 aromatic rings. The zero-order chi connectivity index (χ0) is 48.7. The lowest BCUT2D eigenvalue weighted by Gasteiger charge is -2.14. The maximum atomic E-state index is 9.48. The van der Waals surface area contributed by atoms with Gasteiger partial charge in [0.15, 0.2) is 17.5 Å². The van der Waals surface area contributed by atoms with Crippen molar-refractivity contribution in [3.63, 3.8) is 0 Å². The summed E-state index contributed by atoms with van der Waals surface area (Å²) in [6.45, 7) is 0. The molecule has 3 aromatic heterocycles. The Morgan fingerprint density at radius 2 is 0.980 bits per heavy atom. The average molecular weight is 659 g/mol. The van der Waals surface area contributed by atoms with E-state index in [2.05, 4.69) is 0 Å². The Morgan fingerprint density at radius 3 is 1.66 bits per heavy atom. The van der Waals surface area contributed by atoms with E-state index in [0.29, 0.717) is 11.1 Å². The van der Waals surface area contributed by atoms with Gasteiger partial charge in [0.1, 0.15) is 11.2 Å². The number of fused-ring (bicyclic) bond motifs is 6. The maximum absolute atomic E-state index is 9.48. The average Bonchev–Trinajstić information content (AvgIpc) is 3.91. The van der Waals surface area contributed by atoms with E-state index in [1.165, 1.54) is 0 Å². The fourth-order valence-corrected chi connectivity index (χ4v) is 6.04. The van der Waals surface area contributed by atoms with Crippen molar-refractivity contribution in [2.45, 2.75) is 0 Å². The minimum Gasteiger partial charge on any atom is -0.455 e. The largest absolute Gasteiger partial charge is 0.455 e. The third-order valence-electron chi connectivity index (χ3n) is 8.22. The molecule has 0 atom stereocenters. The van der Waals surface area contributed by atoms with E-state index in [0.717, 1.165) is 4.57 Å². The summed E-state index contributed by atoms with van der Waals surface area (Å²) in [4.78, 5) is 14.1. The summed E-state index contributed by atoms with van der Waals surface area (Å²) in [7, 11) is 0. The molecule has 0 N–H and O–H groups in total. The Morgan fingerprint density at radius 1 is 0.460 bits per heavy atom. The van der Waals surface area contributed by atoms with E-state index in [4.69, 9.17) is 37.2 Å². The second-order valence-electron chi connectivity index (χ2n) is 11.1. The highest BCUT2D eigenvalue weighted by Gasteiger charge is 2.21. The van der Waals surface area contributed by atoms with E-state index < -0.39 is 153 Å². The first-order valence-electron chi connectivity index (χ1n) is 24.2. The molecule has 0 saturated heterocycles. The van der Waals surface area contributed by atoms with E-state index in [9.17, 15) is 6.85 Å². The van der Waals surface area contributed by atoms with Crippen molar-refractivity contribution in [1.82, 2.24) is 19.5 Å². The van der Waals surface area contributed by atoms with Crippen molar-refractivity contribution < 1.29 is 29.1 Å². The minimum atomic E-state index is -0.907. The number of hydrogen-bond acceptors (Lipinski definition) is 4. The van der Waals surface area contributed by atoms with Crippen LogP contribution in [0.3, 0.4) is 0 Å². The van der Waals surface area contributed by atoms with Gasteiger partial charge in [0, 0.05) is 38.2 Å². The third kappa shape index (κ3) is 4.45. The van der Waals surface area contributed by atoms with Crippen LogP contribution in [0, 0.1) is 0 Å². The van der Waals surface area contributed by atoms with Crippen LogP contribution >= 0.6 is 0 Å². The van der Waals surface area contributed by atoms with Crippen molar-refractivity contribution >= 4 is 43.7 Å². The predicted molar refractivity (Wildman–Crippen MR) is 203 cm³/mol. The topological polar surface area (TPSA) is 56.7 Å². The summed E-state index contributed by atoms with van der Waals surface area (Å²) in [5.74, 6) is 0.0900. The second kappa shape index (κ2) is 11.4. The lowest BCUT2D eigenvalue weighted by atomic mass is 9.97. The predicted octanol–water partition coefficient (Wildman–Crippen LogP) is 11.5. The summed E-state index contributed by atoms with van der Waals surface area (Å²) >= 11 is 0. The fraction of sp³-hybridized carbons (Fsp3) is 0. The molecular weight excluding hydrogens is 613 g/mol. The standard InChI is InChI=1S/C45H28N4O/c1-3-15-29(16-4-1)43-46-44(30-17-5-2-6-18-30)48-45(47-43)36-24-13-23-35-41-34(22-14-28-40(41)50-42(35)36)33-21-9-12-27-39(33)49-37-25-10-7-19-31(37)32-20-8-11-26-38(32)49/h1-28H/i7D,8D,9D,10D,11D,12D,13D,14D,19D,20D,21D,22D,23D,24D,25D,26D,27D,28D. The Balaban J connectivity index is 1.42. The van der Waals surface area contributed by atoms with E-state index in [1.54, 1.807) is 60.7 Å². The summed E-state index contributed by atoms with van der Waals surface area (Å²) < 4.78 is 170. The number of hydrogen-bond donors (Lipinski definition) is 0. The second-order valence-corrected chi connectivity index (χ2v) is 11.1. The van der Waals surface area contributed by atoms with E-state index >= 15 is 0 Å². The van der Waals surface area contributed by atoms with Gasteiger partial charge in [-0.1, -0.05) is 139 Å². The van der Waals surface area contributed by atoms with Gasteiger partial charge >= 0.3 is 0 Å². The first-order valence-corrected chi connectivity index (χ1v) is 15.2. The maximum Gasteiger partial charge on any atom is 0.167 e. The van der Waals surface area contributed by atoms with Crippen LogP contribution in [0.4, 0.5) is 0 Å². The van der Waals surface area contributed by atoms with Gasteiger partial charge in [-0.15, -0.1) is 0 Å². The molecule has 0 amide bonds. The number of furan rings is 1. The Bertz CT molecular complexity index is 3760. The van der Waals surface area contributed by atoms with Crippen LogP contribution in [-0.2, 0) is 0 Å². The SMILES string of the molecule is [2H]c1c([2H])c([2H])c(-n2c3c([2H])c([2H])c([2H])c([2H])c3c3c([2H])c([2H])c([2H])c([2H])c32)c(-c2c([2H])c([2H])c([2H])c3oc4c(-c5nc(-c6ccccc6)nc(-c6ccccc6)n5)c([2H])c([2H])c([2H])c4c23)c1[2H]. The number of benzene rings is 7. The van der Waals surface area contributed by atoms with Crippen molar-refractivity contribution in [3.8, 4) is 51.0 Å². The fourth-order valence-electron chi connectivity index (χ4n) is 6.04. The normalized spacial score (nSPS) is 16.6. The first-order chi connectivity index (χ1) is 32.3. The Kier molecular flexibility index (Phi) is 3.55. The molecule has 0 aliphatic rings. The van der Waals surface area contributed by atoms with Crippen LogP contribution in [0.15, 0.2) is 174 Å². The van der Waals surface area contributed by atoms with Gasteiger partial charge in [0.25, 0.3) is 0 Å². The van der Waals surface area contributed by atoms with Gasteiger partial charge in [0.2, 0.25) is 0 Å². The monoisotopic (exact) mass is 658 g/mol. The van der Waals surface area contributed by atoms with Crippen LogP contribution in [0.1, 0.15) is 24.7 Å². The summed E-state index contributed by atoms with van der Waals surface area (Å²) in [6, 6.07) is 3.41. The summed E-state index contributed by atoms with van der Waals surface area (Å²) in [5, 5.41) is -1.56. The lowest BCUT2D eigenvalue weighted by Crippen LogP contribution is -2.00. The van der Waals surface area contributed by atoms with Crippen molar-refractivity contribution in [1.29, 1.82) is 0 Å². The van der Waals surface area contributed by atoms with Crippen molar-refractivity contribution in [2.24, 2.45) is 0 Å². The molecular formula is C45H28N4O. The van der Waals surface area contributed by atoms with Gasteiger partial charge in [-0.3, -0.25) is 0 Å². The quantitative estimate of drug-likeness (QED) is 0.185. The van der Waals surface area contributed by atoms with Crippen molar-refractivity contribution in [2.75, 3.05) is 0 Å². The lowest BCUT2D eigenvalue weighted by molar-refractivity contribution is 0.669. The molecule has 0 bridgehead atoms. The third-order valence-corrected chi connectivity index (χ3v) is 8.22.